The zero-order valence-corrected chi connectivity index (χ0v) is 13.7. The lowest BCUT2D eigenvalue weighted by Gasteiger charge is -2.29. The van der Waals surface area contributed by atoms with Crippen LogP contribution in [0.1, 0.15) is 27.7 Å². The molecule has 11 heteroatoms. The molecule has 1 aromatic heterocycles. The first-order chi connectivity index (χ1) is 11.9. The van der Waals surface area contributed by atoms with Crippen LogP contribution in [-0.4, -0.2) is 40.1 Å². The lowest BCUT2D eigenvalue weighted by atomic mass is 9.72. The number of thiazole rings is 1. The van der Waals surface area contributed by atoms with Gasteiger partial charge in [0.2, 0.25) is 5.91 Å². The Morgan fingerprint density at radius 3 is 2.88 bits per heavy atom. The maximum Gasteiger partial charge on any atom is 0.547 e. The number of anilines is 1. The predicted octanol–water partition coefficient (Wildman–Crippen LogP) is -0.437. The molecule has 0 aliphatic carbocycles. The molecule has 0 fully saturated rings. The maximum atomic E-state index is 12.3. The highest BCUT2D eigenvalue weighted by molar-refractivity contribution is 7.13. The topological polar surface area (TPSA) is 161 Å². The zero-order valence-electron chi connectivity index (χ0n) is 12.9. The standard InChI is InChI=1S/C14H15BN4O5S/c16-10(8-5-25-14(17)18-8)12(20)19-9-4-6-2-1-3-7(13(21)22)11(6)24-15(9)23/h1-3,5,9-10,23H,4,16H2,(H2,17,18)(H,19,20)(H,21,22)/t9-,10?/m0/s1. The summed E-state index contributed by atoms with van der Waals surface area (Å²) in [6.07, 6.45) is 0.204. The largest absolute Gasteiger partial charge is 0.547 e. The minimum Gasteiger partial charge on any atom is -0.534 e. The number of carboxylic acid groups (broad SMARTS) is 1. The molecule has 3 rings (SSSR count). The van der Waals surface area contributed by atoms with E-state index in [0.29, 0.717) is 16.4 Å². The van der Waals surface area contributed by atoms with Crippen molar-refractivity contribution in [2.24, 2.45) is 5.73 Å². The Bertz CT molecular complexity index is 829. The summed E-state index contributed by atoms with van der Waals surface area (Å²) in [7, 11) is -1.40. The van der Waals surface area contributed by atoms with Gasteiger partial charge in [0.15, 0.2) is 5.13 Å². The molecule has 1 unspecified atom stereocenters. The van der Waals surface area contributed by atoms with Crippen LogP contribution in [0, 0.1) is 0 Å². The Labute approximate surface area is 146 Å². The van der Waals surface area contributed by atoms with E-state index in [1.165, 1.54) is 17.4 Å². The van der Waals surface area contributed by atoms with Crippen molar-refractivity contribution in [3.8, 4) is 5.75 Å². The van der Waals surface area contributed by atoms with E-state index >= 15 is 0 Å². The average Bonchev–Trinajstić information content (AvgIpc) is 3.00. The minimum absolute atomic E-state index is 0.0454. The summed E-state index contributed by atoms with van der Waals surface area (Å²) in [5, 5.41) is 23.8. The normalized spacial score (nSPS) is 17.4. The number of rotatable bonds is 4. The monoisotopic (exact) mass is 362 g/mol. The summed E-state index contributed by atoms with van der Waals surface area (Å²) < 4.78 is 5.31. The fourth-order valence-corrected chi connectivity index (χ4v) is 3.17. The van der Waals surface area contributed by atoms with Crippen LogP contribution in [0.3, 0.4) is 0 Å². The van der Waals surface area contributed by atoms with E-state index in [2.05, 4.69) is 10.3 Å². The van der Waals surface area contributed by atoms with Crippen LogP contribution in [0.5, 0.6) is 5.75 Å². The number of nitrogens with zero attached hydrogens (tertiary/aromatic N) is 1. The number of aromatic nitrogens is 1. The first kappa shape index (κ1) is 17.2. The van der Waals surface area contributed by atoms with E-state index in [1.54, 1.807) is 17.5 Å². The van der Waals surface area contributed by atoms with Gasteiger partial charge in [-0.15, -0.1) is 11.3 Å². The fourth-order valence-electron chi connectivity index (χ4n) is 2.57. The van der Waals surface area contributed by atoms with Gasteiger partial charge in [-0.05, 0) is 18.1 Å². The molecule has 1 aliphatic heterocycles. The Hall–Kier alpha value is -2.63. The highest BCUT2D eigenvalue weighted by atomic mass is 32.1. The quantitative estimate of drug-likeness (QED) is 0.458. The van der Waals surface area contributed by atoms with Gasteiger partial charge >= 0.3 is 13.1 Å². The zero-order chi connectivity index (χ0) is 18.1. The second-order valence-electron chi connectivity index (χ2n) is 5.51. The third-order valence-corrected chi connectivity index (χ3v) is 4.51. The molecular formula is C14H15BN4O5S. The van der Waals surface area contributed by atoms with Crippen molar-refractivity contribution in [1.29, 1.82) is 0 Å². The van der Waals surface area contributed by atoms with Crippen LogP contribution < -0.4 is 21.4 Å². The van der Waals surface area contributed by atoms with Crippen LogP contribution in [0.25, 0.3) is 0 Å². The number of hydrogen-bond donors (Lipinski definition) is 5. The van der Waals surface area contributed by atoms with Gasteiger partial charge in [0.25, 0.3) is 0 Å². The molecule has 2 heterocycles. The van der Waals surface area contributed by atoms with Gasteiger partial charge < -0.3 is 31.6 Å². The van der Waals surface area contributed by atoms with Crippen molar-refractivity contribution >= 4 is 35.5 Å². The number of fused-ring (bicyclic) bond motifs is 1. The second kappa shape index (κ2) is 6.71. The number of aromatic carboxylic acids is 1. The van der Waals surface area contributed by atoms with Crippen molar-refractivity contribution in [2.45, 2.75) is 18.4 Å². The van der Waals surface area contributed by atoms with Crippen molar-refractivity contribution < 1.29 is 24.4 Å². The first-order valence-electron chi connectivity index (χ1n) is 7.33. The lowest BCUT2D eigenvalue weighted by molar-refractivity contribution is -0.123. The highest BCUT2D eigenvalue weighted by Crippen LogP contribution is 2.30. The van der Waals surface area contributed by atoms with Crippen molar-refractivity contribution in [3.63, 3.8) is 0 Å². The van der Waals surface area contributed by atoms with Gasteiger partial charge in [0.1, 0.15) is 11.8 Å². The third-order valence-electron chi connectivity index (χ3n) is 3.82. The number of nitrogens with one attached hydrogen (secondary N) is 1. The number of hydrogen-bond acceptors (Lipinski definition) is 8. The van der Waals surface area contributed by atoms with Crippen molar-refractivity contribution in [2.75, 3.05) is 5.73 Å². The van der Waals surface area contributed by atoms with E-state index in [4.69, 9.17) is 16.1 Å². The maximum absolute atomic E-state index is 12.3. The molecule has 0 saturated carbocycles. The summed E-state index contributed by atoms with van der Waals surface area (Å²) in [6.45, 7) is 0. The Morgan fingerprint density at radius 2 is 2.24 bits per heavy atom. The van der Waals surface area contributed by atoms with Gasteiger partial charge in [-0.3, -0.25) is 4.79 Å². The molecule has 1 aliphatic rings. The molecule has 1 aromatic carbocycles. The number of para-hydroxylation sites is 1. The van der Waals surface area contributed by atoms with Crippen LogP contribution >= 0.6 is 11.3 Å². The minimum atomic E-state index is -1.40. The highest BCUT2D eigenvalue weighted by Gasteiger charge is 2.38. The molecule has 130 valence electrons. The number of nitrogen functional groups attached to an aromatic ring is 1. The number of carbonyl (C=O) groups excluding carboxylic acids is 1. The number of amides is 1. The predicted molar refractivity (Wildman–Crippen MR) is 91.1 cm³/mol. The molecule has 9 nitrogen and oxygen atoms in total. The van der Waals surface area contributed by atoms with Gasteiger partial charge in [-0.25, -0.2) is 9.78 Å². The van der Waals surface area contributed by atoms with E-state index in [9.17, 15) is 19.7 Å². The molecule has 2 aromatic rings. The van der Waals surface area contributed by atoms with Gasteiger partial charge in [0.05, 0.1) is 17.2 Å². The summed E-state index contributed by atoms with van der Waals surface area (Å²) in [4.78, 5) is 27.5. The molecule has 1 amide bonds. The number of carbonyl (C=O) groups is 2. The Kier molecular flexibility index (Phi) is 4.62. The summed E-state index contributed by atoms with van der Waals surface area (Å²) in [5.74, 6) is -2.37. The lowest BCUT2D eigenvalue weighted by Crippen LogP contribution is -2.54. The molecule has 0 radical (unpaired) electrons. The van der Waals surface area contributed by atoms with Gasteiger partial charge in [0, 0.05) is 5.38 Å². The summed E-state index contributed by atoms with van der Waals surface area (Å²) >= 11 is 1.17. The van der Waals surface area contributed by atoms with E-state index < -0.39 is 31.0 Å². The first-order valence-corrected chi connectivity index (χ1v) is 8.21. The molecular weight excluding hydrogens is 347 g/mol. The summed E-state index contributed by atoms with van der Waals surface area (Å²) in [5.41, 5.74) is 12.2. The third kappa shape index (κ3) is 3.43. The number of nitrogens with two attached hydrogens (primary N) is 2. The molecule has 25 heavy (non-hydrogen) atoms. The SMILES string of the molecule is Nc1nc(C(N)C(=O)N[C@H]2Cc3cccc(C(=O)O)c3OB2O)cs1. The van der Waals surface area contributed by atoms with Gasteiger partial charge in [-0.2, -0.15) is 0 Å². The molecule has 2 atom stereocenters. The van der Waals surface area contributed by atoms with Crippen LogP contribution in [0.4, 0.5) is 5.13 Å². The van der Waals surface area contributed by atoms with Crippen LogP contribution in [0.15, 0.2) is 23.6 Å². The second-order valence-corrected chi connectivity index (χ2v) is 6.40. The van der Waals surface area contributed by atoms with Crippen LogP contribution in [0.2, 0.25) is 0 Å². The van der Waals surface area contributed by atoms with Gasteiger partial charge in [-0.1, -0.05) is 12.1 Å². The van der Waals surface area contributed by atoms with Crippen molar-refractivity contribution in [3.05, 3.63) is 40.4 Å². The average molecular weight is 362 g/mol. The molecule has 7 N–H and O–H groups in total. The number of carboxylic acids is 1. The smallest absolute Gasteiger partial charge is 0.534 e. The Morgan fingerprint density at radius 1 is 1.48 bits per heavy atom. The fraction of sp³-hybridized carbons (Fsp3) is 0.214. The summed E-state index contributed by atoms with van der Waals surface area (Å²) in [6, 6.07) is 3.60. The Balaban J connectivity index is 1.75. The molecule has 0 saturated heterocycles. The van der Waals surface area contributed by atoms with E-state index in [1.807, 2.05) is 0 Å². The van der Waals surface area contributed by atoms with E-state index in [-0.39, 0.29) is 17.7 Å². The molecule has 0 bridgehead atoms. The number of benzene rings is 1. The van der Waals surface area contributed by atoms with Crippen LogP contribution in [-0.2, 0) is 11.2 Å². The van der Waals surface area contributed by atoms with E-state index in [0.717, 1.165) is 0 Å². The van der Waals surface area contributed by atoms with Crippen molar-refractivity contribution in [1.82, 2.24) is 10.3 Å². The molecule has 0 spiro atoms.